The molecule has 0 spiro atoms. The molecule has 0 unspecified atom stereocenters. The third kappa shape index (κ3) is 3.41. The van der Waals surface area contributed by atoms with Crippen molar-refractivity contribution in [2.45, 2.75) is 18.9 Å². The van der Waals surface area contributed by atoms with Crippen molar-refractivity contribution < 1.29 is 0 Å². The van der Waals surface area contributed by atoms with E-state index in [4.69, 9.17) is 0 Å². The summed E-state index contributed by atoms with van der Waals surface area (Å²) in [6.07, 6.45) is 7.93. The molecule has 110 valence electrons. The lowest BCUT2D eigenvalue weighted by Crippen LogP contribution is -2.39. The summed E-state index contributed by atoms with van der Waals surface area (Å²) in [7, 11) is 0. The van der Waals surface area contributed by atoms with Crippen molar-refractivity contribution in [3.63, 3.8) is 0 Å². The molecule has 0 aliphatic carbocycles. The lowest BCUT2D eigenvalue weighted by atomic mass is 10.0. The molecule has 3 heterocycles. The fourth-order valence-electron chi connectivity index (χ4n) is 2.78. The van der Waals surface area contributed by atoms with Crippen molar-refractivity contribution in [3.05, 3.63) is 41.7 Å². The fraction of sp³-hybridized carbons (Fsp3) is 0.375. The minimum absolute atomic E-state index is 0.502. The van der Waals surface area contributed by atoms with Crippen molar-refractivity contribution >= 4 is 32.7 Å². The quantitative estimate of drug-likeness (QED) is 0.860. The van der Waals surface area contributed by atoms with Gasteiger partial charge in [-0.15, -0.1) is 6.58 Å². The average molecular weight is 347 g/mol. The third-order valence-corrected chi connectivity index (χ3v) is 4.31. The van der Waals surface area contributed by atoms with Crippen LogP contribution in [-0.4, -0.2) is 40.5 Å². The molecule has 21 heavy (non-hydrogen) atoms. The van der Waals surface area contributed by atoms with Crippen LogP contribution < -0.4 is 5.32 Å². The van der Waals surface area contributed by atoms with Crippen LogP contribution in [0.15, 0.2) is 41.7 Å². The van der Waals surface area contributed by atoms with Crippen LogP contribution in [-0.2, 0) is 0 Å². The maximum atomic E-state index is 4.50. The summed E-state index contributed by atoms with van der Waals surface area (Å²) in [4.78, 5) is 11.3. The second-order valence-electron chi connectivity index (χ2n) is 5.39. The minimum atomic E-state index is 0.502. The Kier molecular flexibility index (Phi) is 4.51. The van der Waals surface area contributed by atoms with Gasteiger partial charge >= 0.3 is 0 Å². The number of aromatic nitrogens is 2. The number of likely N-dealkylation sites (tertiary alicyclic amines) is 1. The molecule has 1 aliphatic heterocycles. The molecule has 5 heteroatoms. The van der Waals surface area contributed by atoms with E-state index < -0.39 is 0 Å². The Morgan fingerprint density at radius 3 is 2.95 bits per heavy atom. The van der Waals surface area contributed by atoms with Crippen molar-refractivity contribution in [1.29, 1.82) is 0 Å². The first kappa shape index (κ1) is 14.5. The van der Waals surface area contributed by atoms with Gasteiger partial charge in [-0.05, 0) is 40.9 Å². The van der Waals surface area contributed by atoms with Crippen LogP contribution in [0.5, 0.6) is 0 Å². The van der Waals surface area contributed by atoms with E-state index in [0.717, 1.165) is 53.7 Å². The Bertz CT molecular complexity index is 635. The topological polar surface area (TPSA) is 41.0 Å². The predicted molar refractivity (Wildman–Crippen MR) is 90.5 cm³/mol. The van der Waals surface area contributed by atoms with Gasteiger partial charge in [0.05, 0.1) is 11.2 Å². The first-order chi connectivity index (χ1) is 10.3. The van der Waals surface area contributed by atoms with Crippen LogP contribution in [0, 0.1) is 0 Å². The number of piperidine rings is 1. The number of nitrogens with zero attached hydrogens (tertiary/aromatic N) is 3. The number of halogens is 1. The second-order valence-corrected chi connectivity index (χ2v) is 6.30. The Morgan fingerprint density at radius 2 is 2.19 bits per heavy atom. The van der Waals surface area contributed by atoms with Gasteiger partial charge < -0.3 is 5.32 Å². The lowest BCUT2D eigenvalue weighted by Gasteiger charge is -2.32. The molecule has 1 saturated heterocycles. The normalized spacial score (nSPS) is 17.0. The first-order valence-corrected chi connectivity index (χ1v) is 8.05. The van der Waals surface area contributed by atoms with Gasteiger partial charge in [0.15, 0.2) is 0 Å². The summed E-state index contributed by atoms with van der Waals surface area (Å²) in [5.74, 6) is 0. The van der Waals surface area contributed by atoms with E-state index in [2.05, 4.69) is 42.7 Å². The van der Waals surface area contributed by atoms with E-state index in [1.165, 1.54) is 0 Å². The SMILES string of the molecule is C=CCN1CCC(Nc2ccnc3cc(Br)cnc23)CC1. The maximum absolute atomic E-state index is 4.50. The van der Waals surface area contributed by atoms with Crippen LogP contribution in [0.3, 0.4) is 0 Å². The molecule has 3 rings (SSSR count). The van der Waals surface area contributed by atoms with Gasteiger partial charge in [-0.1, -0.05) is 6.08 Å². The van der Waals surface area contributed by atoms with Crippen molar-refractivity contribution in [2.24, 2.45) is 0 Å². The summed E-state index contributed by atoms with van der Waals surface area (Å²) < 4.78 is 0.956. The van der Waals surface area contributed by atoms with Gasteiger partial charge in [-0.3, -0.25) is 14.9 Å². The third-order valence-electron chi connectivity index (χ3n) is 3.88. The molecule has 0 radical (unpaired) electrons. The molecule has 4 nitrogen and oxygen atoms in total. The molecule has 1 aliphatic rings. The zero-order valence-corrected chi connectivity index (χ0v) is 13.5. The number of hydrogen-bond donors (Lipinski definition) is 1. The van der Waals surface area contributed by atoms with E-state index in [0.29, 0.717) is 6.04 Å². The lowest BCUT2D eigenvalue weighted by molar-refractivity contribution is 0.240. The highest BCUT2D eigenvalue weighted by Gasteiger charge is 2.18. The van der Waals surface area contributed by atoms with Crippen LogP contribution in [0.1, 0.15) is 12.8 Å². The number of hydrogen-bond acceptors (Lipinski definition) is 4. The summed E-state index contributed by atoms with van der Waals surface area (Å²) in [5.41, 5.74) is 2.93. The monoisotopic (exact) mass is 346 g/mol. The molecular weight excluding hydrogens is 328 g/mol. The smallest absolute Gasteiger partial charge is 0.112 e. The number of rotatable bonds is 4. The summed E-state index contributed by atoms with van der Waals surface area (Å²) >= 11 is 3.44. The van der Waals surface area contributed by atoms with Gasteiger partial charge in [0.2, 0.25) is 0 Å². The molecule has 1 fully saturated rings. The van der Waals surface area contributed by atoms with Gasteiger partial charge in [0.1, 0.15) is 5.52 Å². The number of fused-ring (bicyclic) bond motifs is 1. The van der Waals surface area contributed by atoms with Crippen molar-refractivity contribution in [1.82, 2.24) is 14.9 Å². The largest absolute Gasteiger partial charge is 0.380 e. The highest BCUT2D eigenvalue weighted by atomic mass is 79.9. The highest BCUT2D eigenvalue weighted by Crippen LogP contribution is 2.24. The van der Waals surface area contributed by atoms with Crippen LogP contribution >= 0.6 is 15.9 Å². The molecule has 2 aromatic rings. The summed E-state index contributed by atoms with van der Waals surface area (Å²) in [6.45, 7) is 7.03. The molecule has 2 aromatic heterocycles. The van der Waals surface area contributed by atoms with E-state index in [-0.39, 0.29) is 0 Å². The Balaban J connectivity index is 1.72. The molecular formula is C16H19BrN4. The zero-order valence-electron chi connectivity index (χ0n) is 11.9. The number of pyridine rings is 2. The molecule has 0 amide bonds. The van der Waals surface area contributed by atoms with E-state index in [9.17, 15) is 0 Å². The molecule has 0 bridgehead atoms. The van der Waals surface area contributed by atoms with E-state index in [1.807, 2.05) is 30.6 Å². The summed E-state index contributed by atoms with van der Waals surface area (Å²) in [5, 5.41) is 3.64. The standard InChI is InChI=1S/C16H19BrN4/c1-2-7-21-8-4-13(5-9-21)20-14-3-6-18-15-10-12(17)11-19-16(14)15/h2-3,6,10-11,13H,1,4-5,7-9H2,(H,18,20). The minimum Gasteiger partial charge on any atom is -0.380 e. The first-order valence-electron chi connectivity index (χ1n) is 7.26. The van der Waals surface area contributed by atoms with Gasteiger partial charge in [0.25, 0.3) is 0 Å². The molecule has 0 atom stereocenters. The number of nitrogens with one attached hydrogen (secondary N) is 1. The van der Waals surface area contributed by atoms with Gasteiger partial charge in [-0.25, -0.2) is 0 Å². The average Bonchev–Trinajstić information content (AvgIpc) is 2.49. The van der Waals surface area contributed by atoms with Crippen LogP contribution in [0.2, 0.25) is 0 Å². The van der Waals surface area contributed by atoms with Crippen LogP contribution in [0.25, 0.3) is 11.0 Å². The summed E-state index contributed by atoms with van der Waals surface area (Å²) in [6, 6.07) is 4.52. The number of anilines is 1. The predicted octanol–water partition coefficient (Wildman–Crippen LogP) is 3.45. The molecule has 1 N–H and O–H groups in total. The molecule has 0 saturated carbocycles. The van der Waals surface area contributed by atoms with Gasteiger partial charge in [-0.2, -0.15) is 0 Å². The van der Waals surface area contributed by atoms with Crippen molar-refractivity contribution in [2.75, 3.05) is 25.0 Å². The fourth-order valence-corrected chi connectivity index (χ4v) is 3.10. The van der Waals surface area contributed by atoms with E-state index >= 15 is 0 Å². The Morgan fingerprint density at radius 1 is 1.38 bits per heavy atom. The van der Waals surface area contributed by atoms with Crippen molar-refractivity contribution in [3.8, 4) is 0 Å². The van der Waals surface area contributed by atoms with Gasteiger partial charge in [0, 0.05) is 42.5 Å². The maximum Gasteiger partial charge on any atom is 0.112 e. The van der Waals surface area contributed by atoms with Crippen LogP contribution in [0.4, 0.5) is 5.69 Å². The zero-order chi connectivity index (χ0) is 14.7. The highest BCUT2D eigenvalue weighted by molar-refractivity contribution is 9.10. The Hall–Kier alpha value is -1.46. The van der Waals surface area contributed by atoms with E-state index in [1.54, 1.807) is 0 Å². The second kappa shape index (κ2) is 6.54. The molecule has 0 aromatic carbocycles. The Labute approximate surface area is 133 Å².